The molecule has 0 N–H and O–H groups in total. The molecule has 0 saturated carbocycles. The molecule has 12 nitrogen and oxygen atoms in total. The number of hydrogen-bond donors (Lipinski definition) is 0. The molecular formula is C49H70N2O10S2. The van der Waals surface area contributed by atoms with Crippen LogP contribution in [0.25, 0.3) is 4.85 Å². The number of hydrogen-bond acceptors (Lipinski definition) is 13. The first-order valence-electron chi connectivity index (χ1n) is 22.4. The highest BCUT2D eigenvalue weighted by molar-refractivity contribution is 8.24. The van der Waals surface area contributed by atoms with E-state index in [1.165, 1.54) is 23.5 Å². The first-order chi connectivity index (χ1) is 30.1. The molecule has 0 atom stereocenters. The zero-order chi connectivity index (χ0) is 46.5. The summed E-state index contributed by atoms with van der Waals surface area (Å²) in [5.41, 5.74) is 0.122. The Kier molecular flexibility index (Phi) is 26.6. The Labute approximate surface area is 385 Å². The summed E-state index contributed by atoms with van der Waals surface area (Å²) in [6.07, 6.45) is 19.3. The Balaban J connectivity index is 1.65. The maximum absolute atomic E-state index is 12.2. The van der Waals surface area contributed by atoms with Crippen molar-refractivity contribution >= 4 is 47.4 Å². The minimum atomic E-state index is -0.490. The summed E-state index contributed by atoms with van der Waals surface area (Å²) >= 11 is 2.82. The van der Waals surface area contributed by atoms with Crippen LogP contribution in [0, 0.1) is 35.7 Å². The van der Waals surface area contributed by atoms with Crippen LogP contribution in [0.3, 0.4) is 0 Å². The number of nitrogens with zero attached hydrogens (tertiary/aromatic N) is 2. The zero-order valence-electron chi connectivity index (χ0n) is 38.4. The lowest BCUT2D eigenvalue weighted by molar-refractivity contribution is -0.152. The van der Waals surface area contributed by atoms with Crippen molar-refractivity contribution in [1.29, 1.82) is 5.26 Å². The number of carbonyl (C=O) groups excluding carboxylic acids is 4. The molecule has 0 aromatic heterocycles. The topological polar surface area (TPSA) is 152 Å². The molecular weight excluding hydrogens is 841 g/mol. The van der Waals surface area contributed by atoms with E-state index in [2.05, 4.69) is 18.0 Å². The van der Waals surface area contributed by atoms with E-state index in [-0.39, 0.29) is 44.1 Å². The summed E-state index contributed by atoms with van der Waals surface area (Å²) in [6.45, 7) is 25.6. The SMILES string of the molecule is [C-]#[N+]/C(C#N)=C1\Sc2c(OCCCCCCCCCCC(=O)OCC(C)(C)COC(=O)C=C)cc(C)c(OCCCCCCCCCCC(=O)OCC(C)(C)COC(=O)C=C)c2S1. The maximum Gasteiger partial charge on any atom is 0.330 e. The standard InChI is InChI=1S/C49H70N2O10S2/c1-9-40(52)58-33-48(4,5)35-60-42(54)27-23-19-15-11-13-17-21-25-29-56-39-31-37(3)44(46-45(39)62-47(63-46)38(32-50)51-8)57-30-26-22-18-14-12-16-20-24-28-43(55)61-36-49(6,7)34-59-41(53)10-2/h9-10,31H,1-2,11-30,33-36H2,3-7H3/b47-38+. The van der Waals surface area contributed by atoms with Gasteiger partial charge in [0.05, 0.1) is 66.3 Å². The third kappa shape index (κ3) is 23.2. The lowest BCUT2D eigenvalue weighted by atomic mass is 9.96. The molecule has 63 heavy (non-hydrogen) atoms. The van der Waals surface area contributed by atoms with E-state index in [9.17, 15) is 24.4 Å². The number of ether oxygens (including phenoxy) is 6. The van der Waals surface area contributed by atoms with Crippen LogP contribution in [0.1, 0.15) is 149 Å². The van der Waals surface area contributed by atoms with E-state index in [0.29, 0.717) is 30.3 Å². The minimum Gasteiger partial charge on any atom is -0.492 e. The maximum atomic E-state index is 12.2. The van der Waals surface area contributed by atoms with Crippen molar-refractivity contribution in [2.24, 2.45) is 10.8 Å². The fourth-order valence-corrected chi connectivity index (χ4v) is 8.84. The molecule has 0 bridgehead atoms. The van der Waals surface area contributed by atoms with Crippen molar-refractivity contribution in [2.45, 2.75) is 160 Å². The van der Waals surface area contributed by atoms with Crippen LogP contribution in [0.15, 0.2) is 51.1 Å². The predicted molar refractivity (Wildman–Crippen MR) is 248 cm³/mol. The Bertz CT molecular complexity index is 1760. The molecule has 2 rings (SSSR count). The van der Waals surface area contributed by atoms with Crippen LogP contribution < -0.4 is 9.47 Å². The van der Waals surface area contributed by atoms with Gasteiger partial charge in [0.1, 0.15) is 11.5 Å². The summed E-state index contributed by atoms with van der Waals surface area (Å²) in [5.74, 6) is 0.110. The number of benzene rings is 1. The first kappa shape index (κ1) is 54.7. The smallest absolute Gasteiger partial charge is 0.330 e. The quantitative estimate of drug-likeness (QED) is 0.0161. The first-order valence-corrected chi connectivity index (χ1v) is 24.0. The molecule has 0 amide bonds. The van der Waals surface area contributed by atoms with E-state index in [0.717, 1.165) is 142 Å². The van der Waals surface area contributed by atoms with Gasteiger partial charge in [-0.15, -0.1) is 0 Å². The van der Waals surface area contributed by atoms with Gasteiger partial charge in [0, 0.05) is 35.8 Å². The van der Waals surface area contributed by atoms with Gasteiger partial charge in [-0.3, -0.25) is 9.59 Å². The molecule has 1 aromatic carbocycles. The molecule has 0 unspecified atom stereocenters. The van der Waals surface area contributed by atoms with Crippen LogP contribution in [-0.4, -0.2) is 63.5 Å². The molecule has 0 saturated heterocycles. The number of nitriles is 1. The van der Waals surface area contributed by atoms with Gasteiger partial charge in [-0.05, 0) is 44.2 Å². The third-order valence-electron chi connectivity index (χ3n) is 9.99. The number of thioether (sulfide) groups is 2. The second-order valence-corrected chi connectivity index (χ2v) is 19.7. The van der Waals surface area contributed by atoms with Gasteiger partial charge in [-0.25, -0.2) is 19.7 Å². The summed E-state index contributed by atoms with van der Waals surface area (Å²) in [7, 11) is 0. The van der Waals surface area contributed by atoms with Gasteiger partial charge in [-0.1, -0.05) is 141 Å². The average Bonchev–Trinajstić information content (AvgIpc) is 3.70. The van der Waals surface area contributed by atoms with Gasteiger partial charge in [-0.2, -0.15) is 0 Å². The number of aryl methyl sites for hydroxylation is 1. The molecule has 0 aliphatic carbocycles. The largest absolute Gasteiger partial charge is 0.492 e. The van der Waals surface area contributed by atoms with Gasteiger partial charge < -0.3 is 28.4 Å². The lowest BCUT2D eigenvalue weighted by Gasteiger charge is -2.23. The summed E-state index contributed by atoms with van der Waals surface area (Å²) in [6, 6.07) is 4.05. The van der Waals surface area contributed by atoms with Gasteiger partial charge in [0.2, 0.25) is 0 Å². The van der Waals surface area contributed by atoms with Crippen molar-refractivity contribution in [3.63, 3.8) is 0 Å². The summed E-state index contributed by atoms with van der Waals surface area (Å²) in [5, 5.41) is 9.59. The molecule has 14 heteroatoms. The third-order valence-corrected chi connectivity index (χ3v) is 12.6. The number of rotatable bonds is 34. The van der Waals surface area contributed by atoms with Crippen LogP contribution in [-0.2, 0) is 38.1 Å². The Hall–Kier alpha value is -4.40. The van der Waals surface area contributed by atoms with Crippen molar-refractivity contribution in [1.82, 2.24) is 0 Å². The van der Waals surface area contributed by atoms with E-state index in [1.54, 1.807) is 0 Å². The Morgan fingerprint density at radius 3 is 1.48 bits per heavy atom. The van der Waals surface area contributed by atoms with Gasteiger partial charge >= 0.3 is 23.9 Å². The van der Waals surface area contributed by atoms with Crippen molar-refractivity contribution in [3.8, 4) is 17.6 Å². The van der Waals surface area contributed by atoms with Crippen LogP contribution in [0.4, 0.5) is 0 Å². The Morgan fingerprint density at radius 2 is 1.05 bits per heavy atom. The highest BCUT2D eigenvalue weighted by Gasteiger charge is 2.30. The monoisotopic (exact) mass is 910 g/mol. The zero-order valence-corrected chi connectivity index (χ0v) is 40.0. The molecule has 348 valence electrons. The van der Waals surface area contributed by atoms with Gasteiger partial charge in [0.25, 0.3) is 5.70 Å². The van der Waals surface area contributed by atoms with Crippen molar-refractivity contribution in [2.75, 3.05) is 39.6 Å². The predicted octanol–water partition coefficient (Wildman–Crippen LogP) is 12.2. The van der Waals surface area contributed by atoms with E-state index >= 15 is 0 Å². The summed E-state index contributed by atoms with van der Waals surface area (Å²) < 4.78 is 34.2. The highest BCUT2D eigenvalue weighted by Crippen LogP contribution is 2.60. The number of allylic oxidation sites excluding steroid dienone is 1. The van der Waals surface area contributed by atoms with Crippen LogP contribution >= 0.6 is 23.5 Å². The number of carbonyl (C=O) groups is 4. The number of esters is 4. The van der Waals surface area contributed by atoms with Crippen molar-refractivity contribution < 1.29 is 47.6 Å². The summed E-state index contributed by atoms with van der Waals surface area (Å²) in [4.78, 5) is 52.2. The second kappa shape index (κ2) is 30.6. The molecule has 1 heterocycles. The Morgan fingerprint density at radius 1 is 0.651 bits per heavy atom. The molecule has 1 aliphatic rings. The minimum absolute atomic E-state index is 0.0742. The van der Waals surface area contributed by atoms with Gasteiger partial charge in [0.15, 0.2) is 0 Å². The number of fused-ring (bicyclic) bond motifs is 1. The van der Waals surface area contributed by atoms with E-state index in [1.807, 2.05) is 46.8 Å². The van der Waals surface area contributed by atoms with E-state index < -0.39 is 22.8 Å². The average molecular weight is 911 g/mol. The normalized spacial score (nSPS) is 12.9. The van der Waals surface area contributed by atoms with E-state index in [4.69, 9.17) is 35.0 Å². The molecule has 1 aromatic rings. The van der Waals surface area contributed by atoms with Crippen molar-refractivity contribution in [3.05, 3.63) is 58.3 Å². The lowest BCUT2D eigenvalue weighted by Crippen LogP contribution is -2.28. The molecule has 0 fully saturated rings. The highest BCUT2D eigenvalue weighted by atomic mass is 32.2. The fourth-order valence-electron chi connectivity index (χ4n) is 6.27. The molecule has 1 aliphatic heterocycles. The number of unbranched alkanes of at least 4 members (excludes halogenated alkanes) is 14. The fraction of sp³-hybridized carbons (Fsp3) is 0.633. The van der Waals surface area contributed by atoms with Crippen LogP contribution in [0.2, 0.25) is 0 Å². The molecule has 0 radical (unpaired) electrons. The molecule has 0 spiro atoms. The van der Waals surface area contributed by atoms with Crippen LogP contribution in [0.5, 0.6) is 11.5 Å². The second-order valence-electron chi connectivity index (χ2n) is 17.4.